The normalized spacial score (nSPS) is 18.8. The number of urea groups is 1. The molecule has 5 heteroatoms. The predicted octanol–water partition coefficient (Wildman–Crippen LogP) is 2.38. The van der Waals surface area contributed by atoms with Crippen LogP contribution in [0.15, 0.2) is 22.8 Å². The van der Waals surface area contributed by atoms with E-state index in [9.17, 15) is 4.79 Å². The van der Waals surface area contributed by atoms with Crippen LogP contribution in [0.2, 0.25) is 0 Å². The summed E-state index contributed by atoms with van der Waals surface area (Å²) in [4.78, 5) is 13.9. The van der Waals surface area contributed by atoms with Crippen LogP contribution in [0.3, 0.4) is 0 Å². The molecule has 1 aromatic heterocycles. The molecule has 1 saturated heterocycles. The van der Waals surface area contributed by atoms with Crippen molar-refractivity contribution in [3.05, 3.63) is 24.2 Å². The van der Waals surface area contributed by atoms with E-state index in [2.05, 4.69) is 5.32 Å². The fraction of sp³-hybridized carbons (Fsp3) is 0.643. The number of hydrogen-bond donors (Lipinski definition) is 1. The zero-order valence-corrected chi connectivity index (χ0v) is 11.6. The number of nitrogens with zero attached hydrogens (tertiary/aromatic N) is 1. The fourth-order valence-corrected chi connectivity index (χ4v) is 2.18. The van der Waals surface area contributed by atoms with Crippen molar-refractivity contribution in [1.82, 2.24) is 10.2 Å². The van der Waals surface area contributed by atoms with E-state index in [0.29, 0.717) is 13.1 Å². The Labute approximate surface area is 113 Å². The summed E-state index contributed by atoms with van der Waals surface area (Å²) in [5.41, 5.74) is 0. The second-order valence-electron chi connectivity index (χ2n) is 5.20. The summed E-state index contributed by atoms with van der Waals surface area (Å²) in [7, 11) is 0. The molecule has 1 N–H and O–H groups in total. The Morgan fingerprint density at radius 2 is 2.42 bits per heavy atom. The standard InChI is InChI=1S/C14H22N2O3/c1-11(2)15-14(17)16(9-12-5-3-7-18-12)10-13-6-4-8-19-13/h3,5,7,11,13H,4,6,8-10H2,1-2H3,(H,15,17)/t13-/m0/s1. The molecule has 0 aromatic carbocycles. The highest BCUT2D eigenvalue weighted by atomic mass is 16.5. The molecule has 1 aliphatic heterocycles. The van der Waals surface area contributed by atoms with Crippen LogP contribution in [-0.4, -0.2) is 36.2 Å². The van der Waals surface area contributed by atoms with E-state index in [-0.39, 0.29) is 18.2 Å². The second kappa shape index (κ2) is 6.61. The second-order valence-corrected chi connectivity index (χ2v) is 5.20. The van der Waals surface area contributed by atoms with Gasteiger partial charge in [-0.2, -0.15) is 0 Å². The maximum atomic E-state index is 12.2. The van der Waals surface area contributed by atoms with Crippen molar-refractivity contribution < 1.29 is 13.9 Å². The van der Waals surface area contributed by atoms with E-state index in [0.717, 1.165) is 25.2 Å². The van der Waals surface area contributed by atoms with Gasteiger partial charge >= 0.3 is 6.03 Å². The van der Waals surface area contributed by atoms with Crippen molar-refractivity contribution >= 4 is 6.03 Å². The number of nitrogens with one attached hydrogen (secondary N) is 1. The van der Waals surface area contributed by atoms with Gasteiger partial charge in [-0.1, -0.05) is 0 Å². The van der Waals surface area contributed by atoms with Crippen LogP contribution in [0.5, 0.6) is 0 Å². The van der Waals surface area contributed by atoms with E-state index in [1.807, 2.05) is 26.0 Å². The Balaban J connectivity index is 1.96. The van der Waals surface area contributed by atoms with E-state index in [4.69, 9.17) is 9.15 Å². The van der Waals surface area contributed by atoms with Crippen molar-refractivity contribution in [1.29, 1.82) is 0 Å². The van der Waals surface area contributed by atoms with Gasteiger partial charge < -0.3 is 19.4 Å². The molecule has 0 bridgehead atoms. The monoisotopic (exact) mass is 266 g/mol. The van der Waals surface area contributed by atoms with E-state index < -0.39 is 0 Å². The van der Waals surface area contributed by atoms with Gasteiger partial charge in [0.2, 0.25) is 0 Å². The lowest BCUT2D eigenvalue weighted by Gasteiger charge is -2.25. The van der Waals surface area contributed by atoms with Gasteiger partial charge in [-0.15, -0.1) is 0 Å². The number of furan rings is 1. The molecule has 1 fully saturated rings. The molecule has 0 saturated carbocycles. The third-order valence-corrected chi connectivity index (χ3v) is 3.07. The Morgan fingerprint density at radius 3 is 3.00 bits per heavy atom. The highest BCUT2D eigenvalue weighted by Crippen LogP contribution is 2.15. The lowest BCUT2D eigenvalue weighted by atomic mass is 10.2. The summed E-state index contributed by atoms with van der Waals surface area (Å²) in [5, 5.41) is 2.92. The molecule has 0 unspecified atom stereocenters. The zero-order chi connectivity index (χ0) is 13.7. The van der Waals surface area contributed by atoms with Crippen LogP contribution < -0.4 is 5.32 Å². The first-order valence-corrected chi connectivity index (χ1v) is 6.84. The van der Waals surface area contributed by atoms with Crippen molar-refractivity contribution in [2.75, 3.05) is 13.2 Å². The Hall–Kier alpha value is -1.49. The Kier molecular flexibility index (Phi) is 4.85. The van der Waals surface area contributed by atoms with Gasteiger partial charge in [0.15, 0.2) is 0 Å². The van der Waals surface area contributed by atoms with Crippen LogP contribution in [-0.2, 0) is 11.3 Å². The van der Waals surface area contributed by atoms with Gasteiger partial charge in [0.05, 0.1) is 18.9 Å². The van der Waals surface area contributed by atoms with Crippen LogP contribution in [0, 0.1) is 0 Å². The number of carbonyl (C=O) groups is 1. The molecule has 0 radical (unpaired) electrons. The number of ether oxygens (including phenoxy) is 1. The molecule has 1 aromatic rings. The molecule has 19 heavy (non-hydrogen) atoms. The first-order valence-electron chi connectivity index (χ1n) is 6.84. The molecular formula is C14H22N2O3. The summed E-state index contributed by atoms with van der Waals surface area (Å²) in [6.07, 6.45) is 3.86. The summed E-state index contributed by atoms with van der Waals surface area (Å²) in [6, 6.07) is 3.77. The highest BCUT2D eigenvalue weighted by molar-refractivity contribution is 5.74. The first-order chi connectivity index (χ1) is 9.15. The topological polar surface area (TPSA) is 54.7 Å². The largest absolute Gasteiger partial charge is 0.467 e. The van der Waals surface area contributed by atoms with Crippen LogP contribution in [0.25, 0.3) is 0 Å². The average Bonchev–Trinajstić information content (AvgIpc) is 2.99. The Bertz CT molecular complexity index is 383. The average molecular weight is 266 g/mol. The number of hydrogen-bond acceptors (Lipinski definition) is 3. The lowest BCUT2D eigenvalue weighted by Crippen LogP contribution is -2.45. The van der Waals surface area contributed by atoms with Crippen molar-refractivity contribution in [3.63, 3.8) is 0 Å². The maximum absolute atomic E-state index is 12.2. The molecule has 2 amide bonds. The third-order valence-electron chi connectivity index (χ3n) is 3.07. The Morgan fingerprint density at radius 1 is 1.58 bits per heavy atom. The minimum atomic E-state index is -0.0677. The summed E-state index contributed by atoms with van der Waals surface area (Å²) >= 11 is 0. The number of amides is 2. The molecule has 0 aliphatic carbocycles. The molecule has 1 aliphatic rings. The van der Waals surface area contributed by atoms with E-state index >= 15 is 0 Å². The SMILES string of the molecule is CC(C)NC(=O)N(Cc1ccco1)C[C@@H]1CCCO1. The third kappa shape index (κ3) is 4.28. The maximum Gasteiger partial charge on any atom is 0.318 e. The molecule has 2 rings (SSSR count). The van der Waals surface area contributed by atoms with Gasteiger partial charge in [0.1, 0.15) is 5.76 Å². The van der Waals surface area contributed by atoms with Crippen LogP contribution in [0.4, 0.5) is 4.79 Å². The molecule has 5 nitrogen and oxygen atoms in total. The molecule has 1 atom stereocenters. The molecule has 106 valence electrons. The van der Waals surface area contributed by atoms with Crippen molar-refractivity contribution in [2.24, 2.45) is 0 Å². The minimum Gasteiger partial charge on any atom is -0.467 e. The fourth-order valence-electron chi connectivity index (χ4n) is 2.18. The van der Waals surface area contributed by atoms with Crippen molar-refractivity contribution in [3.8, 4) is 0 Å². The van der Waals surface area contributed by atoms with Gasteiger partial charge in [-0.3, -0.25) is 0 Å². The highest BCUT2D eigenvalue weighted by Gasteiger charge is 2.23. The van der Waals surface area contributed by atoms with E-state index in [1.54, 1.807) is 11.2 Å². The lowest BCUT2D eigenvalue weighted by molar-refractivity contribution is 0.0773. The summed E-state index contributed by atoms with van der Waals surface area (Å²) in [6.45, 7) is 5.79. The molecule has 0 spiro atoms. The summed E-state index contributed by atoms with van der Waals surface area (Å²) in [5.74, 6) is 0.789. The molecule has 2 heterocycles. The number of carbonyl (C=O) groups excluding carboxylic acids is 1. The van der Waals surface area contributed by atoms with Gasteiger partial charge in [-0.05, 0) is 38.8 Å². The van der Waals surface area contributed by atoms with Gasteiger partial charge in [-0.25, -0.2) is 4.79 Å². The summed E-state index contributed by atoms with van der Waals surface area (Å²) < 4.78 is 10.9. The molecular weight excluding hydrogens is 244 g/mol. The minimum absolute atomic E-state index is 0.0677. The van der Waals surface area contributed by atoms with Crippen LogP contribution >= 0.6 is 0 Å². The zero-order valence-electron chi connectivity index (χ0n) is 11.6. The van der Waals surface area contributed by atoms with E-state index in [1.165, 1.54) is 0 Å². The van der Waals surface area contributed by atoms with Crippen LogP contribution in [0.1, 0.15) is 32.4 Å². The smallest absolute Gasteiger partial charge is 0.318 e. The first kappa shape index (κ1) is 13.9. The predicted molar refractivity (Wildman–Crippen MR) is 71.8 cm³/mol. The van der Waals surface area contributed by atoms with Gasteiger partial charge in [0.25, 0.3) is 0 Å². The quantitative estimate of drug-likeness (QED) is 0.890. The number of rotatable bonds is 5. The van der Waals surface area contributed by atoms with Gasteiger partial charge in [0, 0.05) is 19.2 Å². The van der Waals surface area contributed by atoms with Crippen molar-refractivity contribution in [2.45, 2.75) is 45.4 Å².